The molecule has 80 valence electrons. The number of carbonyl (C=O) groups is 1. The van der Waals surface area contributed by atoms with Gasteiger partial charge in [0.25, 0.3) is 0 Å². The van der Waals surface area contributed by atoms with Gasteiger partial charge in [-0.2, -0.15) is 0 Å². The highest BCUT2D eigenvalue weighted by atomic mass is 35.5. The zero-order valence-corrected chi connectivity index (χ0v) is 9.11. The summed E-state index contributed by atoms with van der Waals surface area (Å²) in [4.78, 5) is 10.8. The van der Waals surface area contributed by atoms with Gasteiger partial charge in [0.05, 0.1) is 5.56 Å². The average molecular weight is 233 g/mol. The largest absolute Gasteiger partial charge is 0.478 e. The maximum absolute atomic E-state index is 10.8. The van der Waals surface area contributed by atoms with Crippen molar-refractivity contribution in [1.82, 2.24) is 0 Å². The van der Waals surface area contributed by atoms with Gasteiger partial charge in [-0.25, -0.2) is 4.79 Å². The lowest BCUT2D eigenvalue weighted by atomic mass is 10.0. The summed E-state index contributed by atoms with van der Waals surface area (Å²) >= 11 is 5.79. The third-order valence-corrected chi connectivity index (χ3v) is 2.54. The second-order valence-electron chi connectivity index (χ2n) is 3.39. The van der Waals surface area contributed by atoms with Crippen molar-refractivity contribution < 1.29 is 9.90 Å². The van der Waals surface area contributed by atoms with E-state index in [2.05, 4.69) is 0 Å². The molecule has 2 rings (SSSR count). The fourth-order valence-corrected chi connectivity index (χ4v) is 1.60. The van der Waals surface area contributed by atoms with E-state index >= 15 is 0 Å². The number of halogens is 1. The fraction of sp³-hybridized carbons (Fsp3) is 0. The van der Waals surface area contributed by atoms with E-state index in [1.54, 1.807) is 30.3 Å². The molecule has 0 aliphatic heterocycles. The summed E-state index contributed by atoms with van der Waals surface area (Å²) in [6.07, 6.45) is 0. The number of carboxylic acids is 1. The molecule has 2 aromatic carbocycles. The van der Waals surface area contributed by atoms with Gasteiger partial charge in [0.15, 0.2) is 0 Å². The molecule has 16 heavy (non-hydrogen) atoms. The first-order chi connectivity index (χ1) is 7.66. The smallest absolute Gasteiger partial charge is 0.335 e. The van der Waals surface area contributed by atoms with Crippen LogP contribution in [0.5, 0.6) is 0 Å². The Morgan fingerprint density at radius 3 is 2.31 bits per heavy atom. The Bertz CT molecular complexity index is 518. The van der Waals surface area contributed by atoms with Crippen LogP contribution in [0.2, 0.25) is 5.02 Å². The fourth-order valence-electron chi connectivity index (χ4n) is 1.47. The summed E-state index contributed by atoms with van der Waals surface area (Å²) in [5, 5.41) is 9.54. The summed E-state index contributed by atoms with van der Waals surface area (Å²) in [6.45, 7) is 0. The Kier molecular flexibility index (Phi) is 2.93. The van der Waals surface area contributed by atoms with E-state index in [9.17, 15) is 4.79 Å². The van der Waals surface area contributed by atoms with Crippen LogP contribution in [0.1, 0.15) is 10.4 Å². The Hall–Kier alpha value is -1.80. The van der Waals surface area contributed by atoms with Crippen LogP contribution in [0.3, 0.4) is 0 Å². The van der Waals surface area contributed by atoms with E-state index in [0.717, 1.165) is 11.1 Å². The van der Waals surface area contributed by atoms with Crippen LogP contribution in [0.15, 0.2) is 48.5 Å². The SMILES string of the molecule is O=C(O)c1cccc(-c2ccc(Cl)cc2)c1. The third kappa shape index (κ3) is 2.23. The van der Waals surface area contributed by atoms with Crippen molar-refractivity contribution in [3.8, 4) is 11.1 Å². The summed E-state index contributed by atoms with van der Waals surface area (Å²) in [5.74, 6) is -0.921. The molecule has 0 fully saturated rings. The third-order valence-electron chi connectivity index (χ3n) is 2.29. The number of benzene rings is 2. The minimum Gasteiger partial charge on any atom is -0.478 e. The molecule has 0 spiro atoms. The van der Waals surface area contributed by atoms with Gasteiger partial charge in [-0.15, -0.1) is 0 Å². The molecule has 0 aliphatic rings. The predicted octanol–water partition coefficient (Wildman–Crippen LogP) is 3.71. The van der Waals surface area contributed by atoms with E-state index in [1.165, 1.54) is 0 Å². The van der Waals surface area contributed by atoms with E-state index in [0.29, 0.717) is 5.02 Å². The standard InChI is InChI=1S/C13H9ClO2/c14-12-6-4-9(5-7-12)10-2-1-3-11(8-10)13(15)16/h1-8H,(H,15,16). The molecule has 0 heterocycles. The number of rotatable bonds is 2. The van der Waals surface area contributed by atoms with Crippen molar-refractivity contribution in [3.05, 3.63) is 59.1 Å². The summed E-state index contributed by atoms with van der Waals surface area (Å²) in [6, 6.07) is 14.1. The van der Waals surface area contributed by atoms with Crippen molar-refractivity contribution in [3.63, 3.8) is 0 Å². The van der Waals surface area contributed by atoms with Crippen molar-refractivity contribution in [1.29, 1.82) is 0 Å². The quantitative estimate of drug-likeness (QED) is 0.857. The van der Waals surface area contributed by atoms with E-state index in [1.807, 2.05) is 18.2 Å². The molecule has 2 nitrogen and oxygen atoms in total. The van der Waals surface area contributed by atoms with Gasteiger partial charge < -0.3 is 5.11 Å². The molecule has 0 aromatic heterocycles. The topological polar surface area (TPSA) is 37.3 Å². The lowest BCUT2D eigenvalue weighted by Crippen LogP contribution is -1.95. The molecule has 1 N–H and O–H groups in total. The van der Waals surface area contributed by atoms with Gasteiger partial charge in [0, 0.05) is 5.02 Å². The molecular formula is C13H9ClO2. The number of hydrogen-bond donors (Lipinski definition) is 1. The van der Waals surface area contributed by atoms with Crippen LogP contribution < -0.4 is 0 Å². The van der Waals surface area contributed by atoms with Crippen LogP contribution in [0, 0.1) is 0 Å². The van der Waals surface area contributed by atoms with Crippen LogP contribution in [0.25, 0.3) is 11.1 Å². The summed E-state index contributed by atoms with van der Waals surface area (Å²) in [5.41, 5.74) is 2.11. The highest BCUT2D eigenvalue weighted by molar-refractivity contribution is 6.30. The minimum atomic E-state index is -0.921. The first-order valence-corrected chi connectivity index (χ1v) is 5.14. The number of aromatic carboxylic acids is 1. The molecule has 0 unspecified atom stereocenters. The highest BCUT2D eigenvalue weighted by Gasteiger charge is 2.04. The van der Waals surface area contributed by atoms with Crippen LogP contribution >= 0.6 is 11.6 Å². The van der Waals surface area contributed by atoms with Gasteiger partial charge >= 0.3 is 5.97 Å². The molecule has 0 aliphatic carbocycles. The Morgan fingerprint density at radius 1 is 1.00 bits per heavy atom. The van der Waals surface area contributed by atoms with Crippen molar-refractivity contribution >= 4 is 17.6 Å². The molecule has 0 amide bonds. The molecule has 0 saturated heterocycles. The lowest BCUT2D eigenvalue weighted by Gasteiger charge is -2.02. The molecular weight excluding hydrogens is 224 g/mol. The molecule has 0 radical (unpaired) electrons. The lowest BCUT2D eigenvalue weighted by molar-refractivity contribution is 0.0697. The first-order valence-electron chi connectivity index (χ1n) is 4.76. The Balaban J connectivity index is 2.44. The van der Waals surface area contributed by atoms with Gasteiger partial charge in [-0.05, 0) is 35.4 Å². The molecule has 2 aromatic rings. The first kappa shape index (κ1) is 10.7. The summed E-state index contributed by atoms with van der Waals surface area (Å²) < 4.78 is 0. The van der Waals surface area contributed by atoms with Gasteiger partial charge in [0.1, 0.15) is 0 Å². The van der Waals surface area contributed by atoms with E-state index in [-0.39, 0.29) is 5.56 Å². The van der Waals surface area contributed by atoms with Crippen LogP contribution in [-0.4, -0.2) is 11.1 Å². The molecule has 0 atom stereocenters. The van der Waals surface area contributed by atoms with Gasteiger partial charge in [-0.1, -0.05) is 35.9 Å². The van der Waals surface area contributed by atoms with Crippen molar-refractivity contribution in [2.45, 2.75) is 0 Å². The molecule has 0 bridgehead atoms. The minimum absolute atomic E-state index is 0.285. The summed E-state index contributed by atoms with van der Waals surface area (Å²) in [7, 11) is 0. The number of carboxylic acid groups (broad SMARTS) is 1. The second kappa shape index (κ2) is 4.37. The molecule has 3 heteroatoms. The zero-order valence-electron chi connectivity index (χ0n) is 8.35. The van der Waals surface area contributed by atoms with Crippen molar-refractivity contribution in [2.75, 3.05) is 0 Å². The maximum atomic E-state index is 10.8. The zero-order chi connectivity index (χ0) is 11.5. The maximum Gasteiger partial charge on any atom is 0.335 e. The Morgan fingerprint density at radius 2 is 1.69 bits per heavy atom. The van der Waals surface area contributed by atoms with E-state index < -0.39 is 5.97 Å². The number of hydrogen-bond acceptors (Lipinski definition) is 1. The predicted molar refractivity (Wildman–Crippen MR) is 63.8 cm³/mol. The monoisotopic (exact) mass is 232 g/mol. The highest BCUT2D eigenvalue weighted by Crippen LogP contribution is 2.22. The molecule has 0 saturated carbocycles. The van der Waals surface area contributed by atoms with Crippen LogP contribution in [0.4, 0.5) is 0 Å². The Labute approximate surface area is 98.1 Å². The van der Waals surface area contributed by atoms with E-state index in [4.69, 9.17) is 16.7 Å². The average Bonchev–Trinajstić information content (AvgIpc) is 2.30. The second-order valence-corrected chi connectivity index (χ2v) is 3.83. The normalized spacial score (nSPS) is 10.1. The van der Waals surface area contributed by atoms with Crippen LogP contribution in [-0.2, 0) is 0 Å². The van der Waals surface area contributed by atoms with Gasteiger partial charge in [0.2, 0.25) is 0 Å². The van der Waals surface area contributed by atoms with Gasteiger partial charge in [-0.3, -0.25) is 0 Å². The van der Waals surface area contributed by atoms with Crippen molar-refractivity contribution in [2.24, 2.45) is 0 Å².